The molecular formula is C9H9Cl2F. The molecule has 0 heterocycles. The van der Waals surface area contributed by atoms with Crippen LogP contribution in [0.15, 0.2) is 18.2 Å². The van der Waals surface area contributed by atoms with Gasteiger partial charge in [0.05, 0.1) is 5.02 Å². The molecule has 1 atom stereocenters. The first-order valence-electron chi connectivity index (χ1n) is 3.66. The van der Waals surface area contributed by atoms with Gasteiger partial charge in [0, 0.05) is 5.88 Å². The fourth-order valence-electron chi connectivity index (χ4n) is 0.908. The Morgan fingerprint density at radius 3 is 2.67 bits per heavy atom. The standard InChI is InChI=1S/C9H9Cl2F/c1-6(5-10)7-2-3-9(12)8(11)4-7/h2-4,6H,5H2,1H3. The molecular weight excluding hydrogens is 198 g/mol. The lowest BCUT2D eigenvalue weighted by Crippen LogP contribution is -1.94. The molecule has 0 aromatic heterocycles. The van der Waals surface area contributed by atoms with Crippen LogP contribution in [0.25, 0.3) is 0 Å². The zero-order chi connectivity index (χ0) is 9.14. The normalized spacial score (nSPS) is 13.0. The van der Waals surface area contributed by atoms with Crippen LogP contribution < -0.4 is 0 Å². The summed E-state index contributed by atoms with van der Waals surface area (Å²) >= 11 is 11.2. The Labute approximate surface area is 81.3 Å². The van der Waals surface area contributed by atoms with Crippen molar-refractivity contribution in [3.8, 4) is 0 Å². The highest BCUT2D eigenvalue weighted by Gasteiger charge is 2.06. The first-order chi connectivity index (χ1) is 5.65. The average Bonchev–Trinajstić information content (AvgIpc) is 2.08. The highest BCUT2D eigenvalue weighted by molar-refractivity contribution is 6.30. The first kappa shape index (κ1) is 9.82. The van der Waals surface area contributed by atoms with Crippen LogP contribution in [0.3, 0.4) is 0 Å². The van der Waals surface area contributed by atoms with Gasteiger partial charge in [-0.3, -0.25) is 0 Å². The van der Waals surface area contributed by atoms with E-state index < -0.39 is 0 Å². The number of hydrogen-bond acceptors (Lipinski definition) is 0. The van der Waals surface area contributed by atoms with E-state index in [1.54, 1.807) is 12.1 Å². The van der Waals surface area contributed by atoms with Crippen molar-refractivity contribution in [2.24, 2.45) is 0 Å². The Hall–Kier alpha value is -0.270. The van der Waals surface area contributed by atoms with Crippen LogP contribution in [0.5, 0.6) is 0 Å². The van der Waals surface area contributed by atoms with Gasteiger partial charge in [-0.15, -0.1) is 11.6 Å². The van der Waals surface area contributed by atoms with Crippen LogP contribution in [0, 0.1) is 5.82 Å². The number of rotatable bonds is 2. The number of alkyl halides is 1. The average molecular weight is 207 g/mol. The zero-order valence-corrected chi connectivity index (χ0v) is 8.16. The predicted octanol–water partition coefficient (Wildman–Crippen LogP) is 3.82. The van der Waals surface area contributed by atoms with Crippen LogP contribution >= 0.6 is 23.2 Å². The molecule has 0 saturated heterocycles. The Balaban J connectivity index is 2.96. The highest BCUT2D eigenvalue weighted by Crippen LogP contribution is 2.22. The summed E-state index contributed by atoms with van der Waals surface area (Å²) in [6, 6.07) is 4.68. The van der Waals surface area contributed by atoms with Crippen LogP contribution in [-0.4, -0.2) is 5.88 Å². The van der Waals surface area contributed by atoms with E-state index >= 15 is 0 Å². The maximum atomic E-state index is 12.7. The quantitative estimate of drug-likeness (QED) is 0.646. The summed E-state index contributed by atoms with van der Waals surface area (Å²) in [5.41, 5.74) is 0.969. The minimum Gasteiger partial charge on any atom is -0.205 e. The van der Waals surface area contributed by atoms with Crippen LogP contribution in [0.2, 0.25) is 5.02 Å². The molecule has 0 aliphatic rings. The van der Waals surface area contributed by atoms with Gasteiger partial charge in [-0.1, -0.05) is 24.6 Å². The Kier molecular flexibility index (Phi) is 3.36. The number of benzene rings is 1. The van der Waals surface area contributed by atoms with Gasteiger partial charge >= 0.3 is 0 Å². The summed E-state index contributed by atoms with van der Waals surface area (Å²) in [6.45, 7) is 1.97. The predicted molar refractivity (Wildman–Crippen MR) is 50.5 cm³/mol. The van der Waals surface area contributed by atoms with Crippen molar-refractivity contribution < 1.29 is 4.39 Å². The van der Waals surface area contributed by atoms with Crippen molar-refractivity contribution in [1.29, 1.82) is 0 Å². The van der Waals surface area contributed by atoms with Gasteiger partial charge in [-0.2, -0.15) is 0 Å². The number of hydrogen-bond donors (Lipinski definition) is 0. The van der Waals surface area contributed by atoms with Crippen molar-refractivity contribution in [2.45, 2.75) is 12.8 Å². The molecule has 0 aliphatic carbocycles. The van der Waals surface area contributed by atoms with Crippen molar-refractivity contribution >= 4 is 23.2 Å². The SMILES string of the molecule is CC(CCl)c1ccc(F)c(Cl)c1. The minimum atomic E-state index is -0.387. The van der Waals surface area contributed by atoms with Crippen molar-refractivity contribution in [3.63, 3.8) is 0 Å². The maximum Gasteiger partial charge on any atom is 0.141 e. The first-order valence-corrected chi connectivity index (χ1v) is 4.57. The van der Waals surface area contributed by atoms with Crippen LogP contribution in [-0.2, 0) is 0 Å². The second-order valence-corrected chi connectivity index (χ2v) is 3.44. The fraction of sp³-hybridized carbons (Fsp3) is 0.333. The second-order valence-electron chi connectivity index (χ2n) is 2.73. The van der Waals surface area contributed by atoms with Crippen LogP contribution in [0.4, 0.5) is 4.39 Å². The van der Waals surface area contributed by atoms with E-state index in [0.717, 1.165) is 5.56 Å². The molecule has 0 N–H and O–H groups in total. The molecule has 0 aliphatic heterocycles. The molecule has 12 heavy (non-hydrogen) atoms. The van der Waals surface area contributed by atoms with E-state index in [9.17, 15) is 4.39 Å². The third-order valence-electron chi connectivity index (χ3n) is 1.74. The molecule has 0 bridgehead atoms. The van der Waals surface area contributed by atoms with Gasteiger partial charge in [0.15, 0.2) is 0 Å². The molecule has 1 aromatic rings. The summed E-state index contributed by atoms with van der Waals surface area (Å²) < 4.78 is 12.7. The van der Waals surface area contributed by atoms with Crippen molar-refractivity contribution in [2.75, 3.05) is 5.88 Å². The summed E-state index contributed by atoms with van der Waals surface area (Å²) in [7, 11) is 0. The monoisotopic (exact) mass is 206 g/mol. The van der Waals surface area contributed by atoms with E-state index in [1.165, 1.54) is 6.07 Å². The largest absolute Gasteiger partial charge is 0.205 e. The highest BCUT2D eigenvalue weighted by atomic mass is 35.5. The number of halogens is 3. The third kappa shape index (κ3) is 2.11. The summed E-state index contributed by atoms with van der Waals surface area (Å²) in [4.78, 5) is 0. The molecule has 66 valence electrons. The van der Waals surface area contributed by atoms with E-state index in [4.69, 9.17) is 23.2 Å². The lowest BCUT2D eigenvalue weighted by Gasteiger charge is -2.07. The van der Waals surface area contributed by atoms with Gasteiger partial charge in [0.1, 0.15) is 5.82 Å². The smallest absolute Gasteiger partial charge is 0.141 e. The molecule has 0 saturated carbocycles. The van der Waals surface area contributed by atoms with Gasteiger partial charge < -0.3 is 0 Å². The molecule has 0 spiro atoms. The molecule has 0 fully saturated rings. The Morgan fingerprint density at radius 1 is 1.50 bits per heavy atom. The molecule has 1 unspecified atom stereocenters. The van der Waals surface area contributed by atoms with Crippen molar-refractivity contribution in [3.05, 3.63) is 34.6 Å². The fourth-order valence-corrected chi connectivity index (χ4v) is 1.28. The van der Waals surface area contributed by atoms with E-state index in [-0.39, 0.29) is 16.8 Å². The van der Waals surface area contributed by atoms with E-state index in [2.05, 4.69) is 0 Å². The minimum absolute atomic E-state index is 0.157. The lowest BCUT2D eigenvalue weighted by molar-refractivity contribution is 0.627. The lowest BCUT2D eigenvalue weighted by atomic mass is 10.0. The maximum absolute atomic E-state index is 12.7. The Bertz CT molecular complexity index is 273. The van der Waals surface area contributed by atoms with E-state index in [1.807, 2.05) is 6.92 Å². The van der Waals surface area contributed by atoms with E-state index in [0.29, 0.717) is 5.88 Å². The van der Waals surface area contributed by atoms with Crippen molar-refractivity contribution in [1.82, 2.24) is 0 Å². The molecule has 0 radical (unpaired) electrons. The zero-order valence-electron chi connectivity index (χ0n) is 6.65. The molecule has 1 aromatic carbocycles. The second kappa shape index (κ2) is 4.11. The Morgan fingerprint density at radius 2 is 2.17 bits per heavy atom. The van der Waals surface area contributed by atoms with Gasteiger partial charge in [-0.05, 0) is 23.6 Å². The summed E-state index contributed by atoms with van der Waals surface area (Å²) in [5, 5.41) is 0.157. The molecule has 0 amide bonds. The van der Waals surface area contributed by atoms with Gasteiger partial charge in [-0.25, -0.2) is 4.39 Å². The molecule has 1 rings (SSSR count). The summed E-state index contributed by atoms with van der Waals surface area (Å²) in [5.74, 6) is 0.342. The summed E-state index contributed by atoms with van der Waals surface area (Å²) in [6.07, 6.45) is 0. The third-order valence-corrected chi connectivity index (χ3v) is 2.50. The van der Waals surface area contributed by atoms with Gasteiger partial charge in [0.2, 0.25) is 0 Å². The molecule has 3 heteroatoms. The molecule has 0 nitrogen and oxygen atoms in total. The van der Waals surface area contributed by atoms with Crippen LogP contribution in [0.1, 0.15) is 18.4 Å². The topological polar surface area (TPSA) is 0 Å². The van der Waals surface area contributed by atoms with Gasteiger partial charge in [0.25, 0.3) is 0 Å².